The first-order chi connectivity index (χ1) is 17.2. The van der Waals surface area contributed by atoms with Crippen LogP contribution < -0.4 is 10.2 Å². The van der Waals surface area contributed by atoms with E-state index >= 15 is 0 Å². The van der Waals surface area contributed by atoms with Gasteiger partial charge in [0.1, 0.15) is 0 Å². The van der Waals surface area contributed by atoms with Crippen molar-refractivity contribution in [2.45, 2.75) is 12.2 Å². The molecule has 0 aliphatic heterocycles. The summed E-state index contributed by atoms with van der Waals surface area (Å²) in [5.41, 5.74) is -0.0459. The molecule has 2 aromatic carbocycles. The molecule has 12 nitrogen and oxygen atoms in total. The van der Waals surface area contributed by atoms with E-state index in [-0.39, 0.29) is 62.1 Å². The van der Waals surface area contributed by atoms with E-state index in [4.69, 9.17) is 10.2 Å². The van der Waals surface area contributed by atoms with Gasteiger partial charge in [-0.15, -0.1) is 0 Å². The number of ether oxygens (including phenoxy) is 4. The Labute approximate surface area is 243 Å². The summed E-state index contributed by atoms with van der Waals surface area (Å²) < 4.78 is 18.2. The Balaban J connectivity index is 0. The van der Waals surface area contributed by atoms with Gasteiger partial charge < -0.3 is 49.0 Å². The van der Waals surface area contributed by atoms with Gasteiger partial charge in [0.05, 0.1) is 49.5 Å². The van der Waals surface area contributed by atoms with Crippen LogP contribution in [0.15, 0.2) is 60.7 Å². The first-order valence-corrected chi connectivity index (χ1v) is 10.4. The van der Waals surface area contributed by atoms with Crippen molar-refractivity contribution in [1.82, 2.24) is 0 Å². The van der Waals surface area contributed by atoms with Crippen LogP contribution >= 0.6 is 0 Å². The van der Waals surface area contributed by atoms with Gasteiger partial charge in [-0.25, -0.2) is 9.59 Å². The van der Waals surface area contributed by atoms with Crippen molar-refractivity contribution < 1.29 is 58.6 Å². The molecule has 0 saturated heterocycles. The largest absolute Gasteiger partial charge is 2.00 e. The maximum absolute atomic E-state index is 12.0. The van der Waals surface area contributed by atoms with Gasteiger partial charge in [0.15, 0.2) is 12.2 Å². The second-order valence-electron chi connectivity index (χ2n) is 6.45. The summed E-state index contributed by atoms with van der Waals surface area (Å²) in [5.74, 6) is -6.35. The maximum Gasteiger partial charge on any atom is 2.00 e. The minimum absolute atomic E-state index is 0. The summed E-state index contributed by atoms with van der Waals surface area (Å²) >= 11 is 0. The van der Waals surface area contributed by atoms with Crippen molar-refractivity contribution in [3.05, 3.63) is 71.8 Å². The Hall–Kier alpha value is -2.58. The van der Waals surface area contributed by atoms with Crippen LogP contribution in [0, 0.1) is 0 Å². The van der Waals surface area contributed by atoms with Crippen LogP contribution in [-0.2, 0) is 28.5 Å². The summed E-state index contributed by atoms with van der Waals surface area (Å²) in [7, 11) is 3.10. The minimum atomic E-state index is -2.39. The van der Waals surface area contributed by atoms with Crippen molar-refractivity contribution in [2.75, 3.05) is 40.6 Å². The number of aliphatic hydroxyl groups excluding tert-OH is 2. The Morgan fingerprint density at radius 2 is 0.973 bits per heavy atom. The van der Waals surface area contributed by atoms with Gasteiger partial charge in [0, 0.05) is 14.2 Å². The van der Waals surface area contributed by atoms with Crippen molar-refractivity contribution in [3.8, 4) is 0 Å². The number of esters is 2. The van der Waals surface area contributed by atoms with Gasteiger partial charge in [-0.1, -0.05) is 36.4 Å². The molecule has 0 aliphatic carbocycles. The summed E-state index contributed by atoms with van der Waals surface area (Å²) in [6.45, 7) is 1.13. The molecule has 0 spiro atoms. The average Bonchev–Trinajstić information content (AvgIpc) is 2.88. The molecule has 0 saturated carbocycles. The molecule has 0 unspecified atom stereocenters. The zero-order valence-electron chi connectivity index (χ0n) is 20.4. The molecule has 0 fully saturated rings. The third-order valence-corrected chi connectivity index (χ3v) is 3.82. The number of methoxy groups -OCH3 is 2. The zero-order chi connectivity index (χ0) is 27.3. The van der Waals surface area contributed by atoms with Crippen LogP contribution in [-0.4, -0.2) is 125 Å². The SMILES string of the molecule is COCCO.COCCO.O=C(O[C@@H](C(=O)[O-])[C@@H](OC(=O)c1ccccc1)C(=O)[O-])c1ccccc1.[Ca+2]. The fraction of sp³-hybridized carbons (Fsp3) is 0.333. The molecule has 37 heavy (non-hydrogen) atoms. The Bertz CT molecular complexity index is 829. The number of benzene rings is 2. The van der Waals surface area contributed by atoms with Crippen LogP contribution in [0.5, 0.6) is 0 Å². The van der Waals surface area contributed by atoms with Gasteiger partial charge in [0.25, 0.3) is 0 Å². The van der Waals surface area contributed by atoms with Crippen molar-refractivity contribution >= 4 is 61.6 Å². The molecule has 0 aliphatic rings. The van der Waals surface area contributed by atoms with Crippen LogP contribution in [0.25, 0.3) is 0 Å². The Morgan fingerprint density at radius 3 is 1.16 bits per heavy atom. The van der Waals surface area contributed by atoms with E-state index in [1.165, 1.54) is 48.5 Å². The van der Waals surface area contributed by atoms with Crippen molar-refractivity contribution in [3.63, 3.8) is 0 Å². The van der Waals surface area contributed by atoms with E-state index in [9.17, 15) is 29.4 Å². The van der Waals surface area contributed by atoms with Gasteiger partial charge >= 0.3 is 49.7 Å². The minimum Gasteiger partial charge on any atom is -0.546 e. The topological polar surface area (TPSA) is 192 Å². The molecule has 0 heterocycles. The second-order valence-corrected chi connectivity index (χ2v) is 6.45. The number of carbonyl (C=O) groups is 4. The molecular formula is C24H28CaO12. The van der Waals surface area contributed by atoms with Crippen LogP contribution in [0.2, 0.25) is 0 Å². The number of hydrogen-bond acceptors (Lipinski definition) is 12. The van der Waals surface area contributed by atoms with Crippen molar-refractivity contribution in [2.24, 2.45) is 0 Å². The van der Waals surface area contributed by atoms with Crippen LogP contribution in [0.1, 0.15) is 20.7 Å². The number of rotatable bonds is 11. The van der Waals surface area contributed by atoms with Crippen LogP contribution in [0.4, 0.5) is 0 Å². The molecule has 2 N–H and O–H groups in total. The predicted molar refractivity (Wildman–Crippen MR) is 125 cm³/mol. The molecule has 0 radical (unpaired) electrons. The standard InChI is InChI=1S/C18H14O8.2C3H8O2.Ca/c19-15(20)13(25-17(23)11-7-3-1-4-8-11)14(16(21)22)26-18(24)12-9-5-2-6-10-12;2*1-5-3-2-4;/h1-10,13-14H,(H,19,20)(H,21,22);2*4H,2-3H2,1H3;/q;;;+2/p-2/t13-,14-;;;/m1.../s1. The van der Waals surface area contributed by atoms with Crippen LogP contribution in [0.3, 0.4) is 0 Å². The Morgan fingerprint density at radius 1 is 0.676 bits per heavy atom. The number of carboxylic acid groups (broad SMARTS) is 2. The monoisotopic (exact) mass is 548 g/mol. The number of hydrogen-bond donors (Lipinski definition) is 2. The molecule has 0 bridgehead atoms. The van der Waals surface area contributed by atoms with Gasteiger partial charge in [-0.3, -0.25) is 0 Å². The van der Waals surface area contributed by atoms with E-state index < -0.39 is 36.1 Å². The summed E-state index contributed by atoms with van der Waals surface area (Å²) in [6, 6.07) is 14.5. The summed E-state index contributed by atoms with van der Waals surface area (Å²) in [5, 5.41) is 38.4. The first-order valence-electron chi connectivity index (χ1n) is 10.4. The molecule has 2 atom stereocenters. The van der Waals surface area contributed by atoms with E-state index in [0.717, 1.165) is 0 Å². The number of aliphatic carboxylic acids is 2. The number of aliphatic hydroxyl groups is 2. The molecule has 198 valence electrons. The second kappa shape index (κ2) is 22.6. The third kappa shape index (κ3) is 16.0. The molecule has 0 amide bonds. The smallest absolute Gasteiger partial charge is 0.546 e. The normalized spacial score (nSPS) is 11.0. The van der Waals surface area contributed by atoms with Gasteiger partial charge in [0.2, 0.25) is 0 Å². The summed E-state index contributed by atoms with van der Waals surface area (Å²) in [4.78, 5) is 46.5. The number of carbonyl (C=O) groups excluding carboxylic acids is 4. The first kappa shape index (κ1) is 36.6. The maximum atomic E-state index is 12.0. The predicted octanol–water partition coefficient (Wildman–Crippen LogP) is -2.19. The van der Waals surface area contributed by atoms with E-state index in [2.05, 4.69) is 18.9 Å². The molecule has 13 heteroatoms. The van der Waals surface area contributed by atoms with Gasteiger partial charge in [-0.05, 0) is 24.3 Å². The summed E-state index contributed by atoms with van der Waals surface area (Å²) in [6.07, 6.45) is -4.78. The quantitative estimate of drug-likeness (QED) is 0.228. The van der Waals surface area contributed by atoms with E-state index in [1.807, 2.05) is 0 Å². The molecular weight excluding hydrogens is 520 g/mol. The fourth-order valence-corrected chi connectivity index (χ4v) is 2.16. The Kier molecular flexibility index (Phi) is 22.3. The molecule has 2 rings (SSSR count). The average molecular weight is 549 g/mol. The van der Waals surface area contributed by atoms with Crippen molar-refractivity contribution in [1.29, 1.82) is 0 Å². The molecule has 2 aromatic rings. The van der Waals surface area contributed by atoms with E-state index in [1.54, 1.807) is 26.4 Å². The van der Waals surface area contributed by atoms with Gasteiger partial charge in [-0.2, -0.15) is 0 Å². The van der Waals surface area contributed by atoms with E-state index in [0.29, 0.717) is 13.2 Å². The fourth-order valence-electron chi connectivity index (χ4n) is 2.16. The molecule has 0 aromatic heterocycles. The third-order valence-electron chi connectivity index (χ3n) is 3.82. The number of carboxylic acids is 2. The zero-order valence-corrected chi connectivity index (χ0v) is 22.6.